The van der Waals surface area contributed by atoms with Gasteiger partial charge in [0.1, 0.15) is 0 Å². The van der Waals surface area contributed by atoms with E-state index in [0.717, 1.165) is 23.7 Å². The van der Waals surface area contributed by atoms with Crippen molar-refractivity contribution < 1.29 is 17.0 Å². The zero-order chi connectivity index (χ0) is 17.6. The maximum absolute atomic E-state index is 4.89. The first-order valence-corrected chi connectivity index (χ1v) is 13.8. The van der Waals surface area contributed by atoms with Gasteiger partial charge in [0.2, 0.25) is 0 Å². The van der Waals surface area contributed by atoms with Crippen LogP contribution in [0.15, 0.2) is 0 Å². The van der Waals surface area contributed by atoms with Gasteiger partial charge in [0.25, 0.3) is 0 Å². The van der Waals surface area contributed by atoms with E-state index in [0.29, 0.717) is 5.41 Å². The van der Waals surface area contributed by atoms with Crippen LogP contribution in [0.2, 0.25) is 0 Å². The second-order valence-corrected chi connectivity index (χ2v) is 11.3. The monoisotopic (exact) mass is 408 g/mol. The van der Waals surface area contributed by atoms with Crippen molar-refractivity contribution in [2.75, 3.05) is 0 Å². The molecule has 0 aromatic rings. The summed E-state index contributed by atoms with van der Waals surface area (Å²) in [7, 11) is 9.78. The molecular formula is C22H26Cl2Ti. The topological polar surface area (TPSA) is 0 Å². The number of rotatable bonds is 0. The van der Waals surface area contributed by atoms with E-state index in [1.54, 1.807) is 23.7 Å². The molecule has 7 rings (SSSR count). The van der Waals surface area contributed by atoms with Crippen molar-refractivity contribution in [1.82, 2.24) is 0 Å². The van der Waals surface area contributed by atoms with Crippen molar-refractivity contribution in [2.45, 2.75) is 46.0 Å². The van der Waals surface area contributed by atoms with Crippen LogP contribution < -0.4 is 0 Å². The molecule has 0 aromatic carbocycles. The molecule has 4 atom stereocenters. The van der Waals surface area contributed by atoms with Crippen LogP contribution in [0.3, 0.4) is 0 Å². The molecule has 0 aliphatic heterocycles. The summed E-state index contributed by atoms with van der Waals surface area (Å²) in [6.07, 6.45) is 20.9. The van der Waals surface area contributed by atoms with Crippen LogP contribution in [0.4, 0.5) is 0 Å². The van der Waals surface area contributed by atoms with E-state index in [1.807, 2.05) is 0 Å². The molecule has 4 bridgehead atoms. The molecule has 10 radical (unpaired) electrons. The van der Waals surface area contributed by atoms with Crippen LogP contribution in [-0.2, 0) is 17.0 Å². The van der Waals surface area contributed by atoms with Gasteiger partial charge in [-0.05, 0) is 123 Å². The fraction of sp³-hybridized carbons (Fsp3) is 0.545. The molecule has 7 fully saturated rings. The SMILES string of the molecule is CC1(C)C2C[C]3[CH][CH][CH][C]3C1C2.[CH]1[CH][C]2[C]([CH]1)C1CCC2C1.[Cl][Ti][Cl]. The Kier molecular flexibility index (Phi) is 6.25. The van der Waals surface area contributed by atoms with E-state index < -0.39 is 17.0 Å². The van der Waals surface area contributed by atoms with Gasteiger partial charge in [-0.3, -0.25) is 0 Å². The summed E-state index contributed by atoms with van der Waals surface area (Å²) >= 11 is -0.556. The summed E-state index contributed by atoms with van der Waals surface area (Å²) in [6, 6.07) is 0. The molecule has 0 saturated heterocycles. The maximum atomic E-state index is 4.89. The van der Waals surface area contributed by atoms with Gasteiger partial charge in [-0.1, -0.05) is 13.8 Å². The first kappa shape index (κ1) is 19.6. The zero-order valence-corrected chi connectivity index (χ0v) is 18.1. The second-order valence-electron chi connectivity index (χ2n) is 8.73. The molecule has 0 spiro atoms. The average molecular weight is 409 g/mol. The summed E-state index contributed by atoms with van der Waals surface area (Å²) < 4.78 is 0. The van der Waals surface area contributed by atoms with Gasteiger partial charge in [0.15, 0.2) is 0 Å². The van der Waals surface area contributed by atoms with Gasteiger partial charge in [-0.15, -0.1) is 0 Å². The van der Waals surface area contributed by atoms with Gasteiger partial charge in [-0.25, -0.2) is 0 Å². The molecule has 132 valence electrons. The van der Waals surface area contributed by atoms with Crippen molar-refractivity contribution in [2.24, 2.45) is 29.1 Å². The van der Waals surface area contributed by atoms with E-state index in [-0.39, 0.29) is 0 Å². The standard InChI is InChI=1S/C12H15.C10H11.2ClH.Ti/c1-12(2)9-6-8-4-3-5-10(8)11(12)7-9;1-2-9-7-4-5-8(6-7)10(9)3-1;;;/h3-5,9,11H,6-7H2,1-2H3;1-3,7-8H,4-6H2;2*1H;/q;;;;+2/p-2. The van der Waals surface area contributed by atoms with Gasteiger partial charge in [0, 0.05) is 0 Å². The predicted octanol–water partition coefficient (Wildman–Crippen LogP) is 6.40. The predicted molar refractivity (Wildman–Crippen MR) is 101 cm³/mol. The molecule has 7 aliphatic rings. The van der Waals surface area contributed by atoms with Crippen LogP contribution in [0.1, 0.15) is 46.0 Å². The molecule has 25 heavy (non-hydrogen) atoms. The number of hydrogen-bond acceptors (Lipinski definition) is 0. The Morgan fingerprint density at radius 1 is 0.880 bits per heavy atom. The molecule has 3 heteroatoms. The van der Waals surface area contributed by atoms with Gasteiger partial charge in [-0.2, -0.15) is 0 Å². The molecule has 0 nitrogen and oxygen atoms in total. The molecule has 0 aromatic heterocycles. The molecular weight excluding hydrogens is 383 g/mol. The van der Waals surface area contributed by atoms with Gasteiger partial charge < -0.3 is 0 Å². The first-order chi connectivity index (χ1) is 12.1. The van der Waals surface area contributed by atoms with Crippen molar-refractivity contribution in [1.29, 1.82) is 0 Å². The molecule has 7 saturated carbocycles. The van der Waals surface area contributed by atoms with Crippen molar-refractivity contribution in [3.8, 4) is 0 Å². The van der Waals surface area contributed by atoms with Gasteiger partial charge in [0.05, 0.1) is 0 Å². The minimum atomic E-state index is -0.556. The van der Waals surface area contributed by atoms with Crippen molar-refractivity contribution >= 4 is 18.6 Å². The third kappa shape index (κ3) is 3.54. The quantitative estimate of drug-likeness (QED) is 0.407. The Hall–Kier alpha value is 1.29. The molecule has 4 unspecified atom stereocenters. The Labute approximate surface area is 172 Å². The third-order valence-electron chi connectivity index (χ3n) is 7.45. The van der Waals surface area contributed by atoms with Crippen LogP contribution in [0.5, 0.6) is 0 Å². The Morgan fingerprint density at radius 3 is 2.04 bits per heavy atom. The van der Waals surface area contributed by atoms with Crippen LogP contribution in [-0.4, -0.2) is 0 Å². The summed E-state index contributed by atoms with van der Waals surface area (Å²) in [5.74, 6) is 10.4. The van der Waals surface area contributed by atoms with E-state index >= 15 is 0 Å². The Bertz CT molecular complexity index is 449. The minimum absolute atomic E-state index is 0.556. The summed E-state index contributed by atoms with van der Waals surface area (Å²) in [6.45, 7) is 4.86. The Balaban J connectivity index is 0.000000110. The molecule has 0 heterocycles. The zero-order valence-electron chi connectivity index (χ0n) is 15.1. The van der Waals surface area contributed by atoms with Gasteiger partial charge >= 0.3 is 35.6 Å². The summed E-state index contributed by atoms with van der Waals surface area (Å²) in [4.78, 5) is 0. The van der Waals surface area contributed by atoms with E-state index in [4.69, 9.17) is 18.6 Å². The van der Waals surface area contributed by atoms with Crippen LogP contribution in [0.25, 0.3) is 0 Å². The number of hydrogen-bond donors (Lipinski definition) is 0. The van der Waals surface area contributed by atoms with Crippen LogP contribution >= 0.6 is 18.6 Å². The normalized spacial score (nSPS) is 41.1. The summed E-state index contributed by atoms with van der Waals surface area (Å²) in [5.41, 5.74) is 0.599. The average Bonchev–Trinajstić information content (AvgIpc) is 3.36. The number of fused-ring (bicyclic) bond motifs is 5. The molecule has 7 aliphatic carbocycles. The van der Waals surface area contributed by atoms with E-state index in [1.165, 1.54) is 32.1 Å². The molecule has 0 amide bonds. The van der Waals surface area contributed by atoms with Crippen molar-refractivity contribution in [3.05, 3.63) is 62.2 Å². The third-order valence-corrected chi connectivity index (χ3v) is 7.45. The van der Waals surface area contributed by atoms with Crippen molar-refractivity contribution in [3.63, 3.8) is 0 Å². The van der Waals surface area contributed by atoms with E-state index in [2.05, 4.69) is 52.4 Å². The second kappa shape index (κ2) is 7.96. The summed E-state index contributed by atoms with van der Waals surface area (Å²) in [5, 5.41) is 0. The number of halogens is 2. The molecule has 0 N–H and O–H groups in total. The fourth-order valence-electron chi connectivity index (χ4n) is 5.89. The first-order valence-electron chi connectivity index (χ1n) is 9.52. The van der Waals surface area contributed by atoms with Crippen LogP contribution in [0, 0.1) is 91.3 Å². The fourth-order valence-corrected chi connectivity index (χ4v) is 5.89. The Morgan fingerprint density at radius 2 is 1.44 bits per heavy atom. The van der Waals surface area contributed by atoms with E-state index in [9.17, 15) is 0 Å².